The predicted octanol–water partition coefficient (Wildman–Crippen LogP) is 2.24. The number of fused-ring (bicyclic) bond motifs is 1. The molecule has 1 aliphatic rings. The highest BCUT2D eigenvalue weighted by molar-refractivity contribution is 7.89. The van der Waals surface area contributed by atoms with Crippen LogP contribution in [-0.2, 0) is 23.0 Å². The molecule has 0 spiro atoms. The van der Waals surface area contributed by atoms with Crippen LogP contribution in [0.15, 0.2) is 64.0 Å². The number of methoxy groups -OCH3 is 1. The van der Waals surface area contributed by atoms with Crippen LogP contribution < -0.4 is 14.8 Å². The second kappa shape index (κ2) is 9.41. The van der Waals surface area contributed by atoms with Crippen LogP contribution in [0.1, 0.15) is 21.8 Å². The topological polar surface area (TPSA) is 111 Å². The molecule has 0 aliphatic carbocycles. The minimum atomic E-state index is -3.68. The van der Waals surface area contributed by atoms with Gasteiger partial charge in [0.2, 0.25) is 10.0 Å². The van der Waals surface area contributed by atoms with Crippen molar-refractivity contribution in [3.8, 4) is 11.5 Å². The molecule has 2 heterocycles. The van der Waals surface area contributed by atoms with Crippen molar-refractivity contribution in [1.29, 1.82) is 0 Å². The Labute approximate surface area is 186 Å². The molecule has 32 heavy (non-hydrogen) atoms. The van der Waals surface area contributed by atoms with E-state index >= 15 is 0 Å². The van der Waals surface area contributed by atoms with Crippen LogP contribution in [0.5, 0.6) is 11.5 Å². The van der Waals surface area contributed by atoms with Gasteiger partial charge in [-0.15, -0.1) is 0 Å². The highest BCUT2D eigenvalue weighted by Gasteiger charge is 2.33. The minimum absolute atomic E-state index is 0.0289. The number of hydrogen-bond acceptors (Lipinski definition) is 7. The Hall–Kier alpha value is -3.37. The molecule has 0 atom stereocenters. The number of nitrogens with one attached hydrogen (secondary N) is 1. The highest BCUT2D eigenvalue weighted by atomic mass is 32.2. The van der Waals surface area contributed by atoms with E-state index in [1.165, 1.54) is 4.31 Å². The number of rotatable bonds is 8. The third-order valence-corrected chi connectivity index (χ3v) is 6.96. The summed E-state index contributed by atoms with van der Waals surface area (Å²) in [6, 6.07) is 15.3. The van der Waals surface area contributed by atoms with Gasteiger partial charge in [-0.25, -0.2) is 8.42 Å². The Morgan fingerprint density at radius 2 is 1.84 bits per heavy atom. The van der Waals surface area contributed by atoms with Crippen molar-refractivity contribution in [1.82, 2.24) is 14.8 Å². The average molecular weight is 458 g/mol. The molecule has 0 fully saturated rings. The summed E-state index contributed by atoms with van der Waals surface area (Å²) in [6.07, 6.45) is 0.349. The molecular weight excluding hydrogens is 434 g/mol. The number of nitrogens with zero attached hydrogens (tertiary/aromatic N) is 2. The van der Waals surface area contributed by atoms with Crippen molar-refractivity contribution in [2.75, 3.05) is 26.8 Å². The number of aromatic nitrogens is 1. The number of sulfonamides is 1. The third kappa shape index (κ3) is 4.61. The summed E-state index contributed by atoms with van der Waals surface area (Å²) in [5.74, 6) is 1.47. The van der Waals surface area contributed by atoms with Crippen LogP contribution in [0, 0.1) is 0 Å². The van der Waals surface area contributed by atoms with Crippen LogP contribution in [0.4, 0.5) is 0 Å². The van der Waals surface area contributed by atoms with Gasteiger partial charge < -0.3 is 19.3 Å². The van der Waals surface area contributed by atoms with Gasteiger partial charge in [0.15, 0.2) is 5.69 Å². The summed E-state index contributed by atoms with van der Waals surface area (Å²) in [6.45, 7) is 0.794. The van der Waals surface area contributed by atoms with Crippen LogP contribution in [0.3, 0.4) is 0 Å². The van der Waals surface area contributed by atoms with E-state index in [9.17, 15) is 13.2 Å². The minimum Gasteiger partial charge on any atom is -0.497 e. The van der Waals surface area contributed by atoms with E-state index in [1.54, 1.807) is 61.7 Å². The van der Waals surface area contributed by atoms with E-state index in [-0.39, 0.29) is 36.8 Å². The van der Waals surface area contributed by atoms with E-state index in [1.807, 2.05) is 0 Å². The Morgan fingerprint density at radius 1 is 1.12 bits per heavy atom. The van der Waals surface area contributed by atoms with E-state index in [0.29, 0.717) is 23.5 Å². The summed E-state index contributed by atoms with van der Waals surface area (Å²) in [4.78, 5) is 12.8. The molecule has 2 aromatic carbocycles. The zero-order chi connectivity index (χ0) is 22.6. The molecule has 9 nitrogen and oxygen atoms in total. The molecule has 0 bridgehead atoms. The quantitative estimate of drug-likeness (QED) is 0.517. The largest absolute Gasteiger partial charge is 0.497 e. The average Bonchev–Trinajstić information content (AvgIpc) is 3.26. The Balaban J connectivity index is 1.37. The Morgan fingerprint density at radius 3 is 2.56 bits per heavy atom. The highest BCUT2D eigenvalue weighted by Crippen LogP contribution is 2.27. The Bertz CT molecular complexity index is 1180. The lowest BCUT2D eigenvalue weighted by molar-refractivity contribution is 0.0936. The lowest BCUT2D eigenvalue weighted by Crippen LogP contribution is -2.37. The smallest absolute Gasteiger partial charge is 0.273 e. The fraction of sp³-hybridized carbons (Fsp3) is 0.273. The first-order valence-electron chi connectivity index (χ1n) is 10.1. The second-order valence-corrected chi connectivity index (χ2v) is 9.05. The molecule has 0 saturated carbocycles. The van der Waals surface area contributed by atoms with Crippen LogP contribution in [0.2, 0.25) is 0 Å². The fourth-order valence-electron chi connectivity index (χ4n) is 3.40. The first-order valence-corrected chi connectivity index (χ1v) is 11.5. The standard InChI is InChI=1S/C22H23N3O6S/c1-29-16-7-9-17(10-8-16)30-14-12-23-22(26)21-19-15-25(13-11-20(19)31-24-21)32(27,28)18-5-3-2-4-6-18/h2-10H,11-15H2,1H3,(H,23,26). The Kier molecular flexibility index (Phi) is 6.42. The van der Waals surface area contributed by atoms with Gasteiger partial charge in [0.1, 0.15) is 23.9 Å². The molecule has 1 aromatic heterocycles. The van der Waals surface area contributed by atoms with E-state index in [2.05, 4.69) is 10.5 Å². The van der Waals surface area contributed by atoms with E-state index in [0.717, 1.165) is 5.75 Å². The van der Waals surface area contributed by atoms with Gasteiger partial charge in [-0.05, 0) is 36.4 Å². The van der Waals surface area contributed by atoms with Gasteiger partial charge in [-0.3, -0.25) is 4.79 Å². The number of carbonyl (C=O) groups excluding carboxylic acids is 1. The zero-order valence-corrected chi connectivity index (χ0v) is 18.3. The van der Waals surface area contributed by atoms with Crippen molar-refractivity contribution in [2.24, 2.45) is 0 Å². The monoisotopic (exact) mass is 457 g/mol. The van der Waals surface area contributed by atoms with Crippen LogP contribution in [0.25, 0.3) is 0 Å². The SMILES string of the molecule is COc1ccc(OCCNC(=O)c2noc3c2CN(S(=O)(=O)c2ccccc2)CC3)cc1. The maximum atomic E-state index is 12.9. The molecule has 0 radical (unpaired) electrons. The van der Waals surface area contributed by atoms with Crippen LogP contribution in [-0.4, -0.2) is 50.6 Å². The molecule has 1 aliphatic heterocycles. The summed E-state index contributed by atoms with van der Waals surface area (Å²) in [7, 11) is -2.09. The van der Waals surface area contributed by atoms with Gasteiger partial charge in [-0.1, -0.05) is 23.4 Å². The van der Waals surface area contributed by atoms with Crippen molar-refractivity contribution in [3.63, 3.8) is 0 Å². The first kappa shape index (κ1) is 21.8. The molecule has 1 N–H and O–H groups in total. The number of amides is 1. The van der Waals surface area contributed by atoms with Gasteiger partial charge >= 0.3 is 0 Å². The molecule has 0 saturated heterocycles. The number of hydrogen-bond donors (Lipinski definition) is 1. The van der Waals surface area contributed by atoms with Gasteiger partial charge in [0, 0.05) is 25.1 Å². The molecule has 0 unspecified atom stereocenters. The molecular formula is C22H23N3O6S. The summed E-state index contributed by atoms with van der Waals surface area (Å²) >= 11 is 0. The summed E-state index contributed by atoms with van der Waals surface area (Å²) in [5, 5.41) is 6.61. The fourth-order valence-corrected chi connectivity index (χ4v) is 4.83. The van der Waals surface area contributed by atoms with Crippen molar-refractivity contribution >= 4 is 15.9 Å². The summed E-state index contributed by atoms with van der Waals surface area (Å²) < 4.78 is 43.2. The van der Waals surface area contributed by atoms with Gasteiger partial charge in [0.25, 0.3) is 5.91 Å². The van der Waals surface area contributed by atoms with Crippen molar-refractivity contribution in [3.05, 3.63) is 71.6 Å². The van der Waals surface area contributed by atoms with Crippen LogP contribution >= 0.6 is 0 Å². The lowest BCUT2D eigenvalue weighted by Gasteiger charge is -2.25. The molecule has 10 heteroatoms. The molecule has 3 aromatic rings. The maximum Gasteiger partial charge on any atom is 0.273 e. The third-order valence-electron chi connectivity index (χ3n) is 5.10. The van der Waals surface area contributed by atoms with Crippen molar-refractivity contribution < 1.29 is 27.2 Å². The number of ether oxygens (including phenoxy) is 2. The van der Waals surface area contributed by atoms with E-state index < -0.39 is 15.9 Å². The lowest BCUT2D eigenvalue weighted by atomic mass is 10.1. The normalized spacial score (nSPS) is 13.9. The summed E-state index contributed by atoms with van der Waals surface area (Å²) in [5.41, 5.74) is 0.585. The van der Waals surface area contributed by atoms with Gasteiger partial charge in [0.05, 0.1) is 18.6 Å². The first-order chi connectivity index (χ1) is 15.5. The second-order valence-electron chi connectivity index (χ2n) is 7.11. The van der Waals surface area contributed by atoms with Crippen molar-refractivity contribution in [2.45, 2.75) is 17.9 Å². The molecule has 168 valence electrons. The molecule has 1 amide bonds. The molecule has 4 rings (SSSR count). The number of carbonyl (C=O) groups is 1. The predicted molar refractivity (Wildman–Crippen MR) is 115 cm³/mol. The zero-order valence-electron chi connectivity index (χ0n) is 17.5. The maximum absolute atomic E-state index is 12.9. The number of benzene rings is 2. The van der Waals surface area contributed by atoms with Gasteiger partial charge in [-0.2, -0.15) is 4.31 Å². The van der Waals surface area contributed by atoms with E-state index in [4.69, 9.17) is 14.0 Å².